The Labute approximate surface area is 194 Å². The molecule has 2 amide bonds. The quantitative estimate of drug-likeness (QED) is 0.266. The van der Waals surface area contributed by atoms with Crippen LogP contribution in [0.25, 0.3) is 0 Å². The Morgan fingerprint density at radius 3 is 2.39 bits per heavy atom. The van der Waals surface area contributed by atoms with Crippen molar-refractivity contribution in [2.24, 2.45) is 11.3 Å². The van der Waals surface area contributed by atoms with Gasteiger partial charge in [-0.05, 0) is 34.6 Å². The molecule has 0 saturated heterocycles. The summed E-state index contributed by atoms with van der Waals surface area (Å²) in [7, 11) is 0. The van der Waals surface area contributed by atoms with Crippen LogP contribution in [0.4, 0.5) is 0 Å². The van der Waals surface area contributed by atoms with Gasteiger partial charge in [0.25, 0.3) is 0 Å². The zero-order chi connectivity index (χ0) is 24.2. The fraction of sp³-hybridized carbons (Fsp3) is 0.440. The molecular formula is C25H33N3O5. The van der Waals surface area contributed by atoms with Crippen LogP contribution in [-0.2, 0) is 22.4 Å². The van der Waals surface area contributed by atoms with Gasteiger partial charge in [-0.1, -0.05) is 63.2 Å². The van der Waals surface area contributed by atoms with Crippen LogP contribution in [0.3, 0.4) is 0 Å². The van der Waals surface area contributed by atoms with Crippen molar-refractivity contribution in [3.8, 4) is 5.75 Å². The predicted molar refractivity (Wildman–Crippen MR) is 124 cm³/mol. The number of aliphatic hydroxyl groups excluding tert-OH is 1. The number of hydrogen-bond acceptors (Lipinski definition) is 6. The van der Waals surface area contributed by atoms with Gasteiger partial charge in [0.2, 0.25) is 11.8 Å². The van der Waals surface area contributed by atoms with E-state index in [2.05, 4.69) is 10.6 Å². The molecule has 0 aliphatic heterocycles. The lowest BCUT2D eigenvalue weighted by molar-refractivity contribution is -0.139. The fourth-order valence-electron chi connectivity index (χ4n) is 4.19. The second-order valence-electron chi connectivity index (χ2n) is 9.79. The summed E-state index contributed by atoms with van der Waals surface area (Å²) in [4.78, 5) is 26.2. The van der Waals surface area contributed by atoms with Gasteiger partial charge < -0.3 is 20.8 Å². The zero-order valence-electron chi connectivity index (χ0n) is 19.2. The van der Waals surface area contributed by atoms with Crippen molar-refractivity contribution in [1.82, 2.24) is 16.1 Å². The zero-order valence-corrected chi connectivity index (χ0v) is 19.2. The highest BCUT2D eigenvalue weighted by Gasteiger charge is 2.38. The van der Waals surface area contributed by atoms with E-state index >= 15 is 0 Å². The summed E-state index contributed by atoms with van der Waals surface area (Å²) >= 11 is 0. The number of phenols is 1. The third-order valence-corrected chi connectivity index (χ3v) is 5.92. The molecule has 4 atom stereocenters. The maximum absolute atomic E-state index is 13.5. The van der Waals surface area contributed by atoms with Crippen LogP contribution >= 0.6 is 0 Å². The highest BCUT2D eigenvalue weighted by atomic mass is 16.5. The van der Waals surface area contributed by atoms with Crippen molar-refractivity contribution >= 4 is 11.8 Å². The number of para-hydroxylation sites is 1. The van der Waals surface area contributed by atoms with E-state index in [1.165, 1.54) is 6.07 Å². The molecule has 1 aliphatic rings. The normalized spacial score (nSPS) is 19.4. The first-order valence-electron chi connectivity index (χ1n) is 11.1. The number of aromatic hydroxyl groups is 1. The Morgan fingerprint density at radius 1 is 1.06 bits per heavy atom. The maximum atomic E-state index is 13.5. The Bertz CT molecular complexity index is 988. The number of amides is 2. The molecule has 0 spiro atoms. The molecule has 2 aromatic carbocycles. The standard InChI is InChI=1S/C25H33N3O5/c1-25(2,3)14-26-22(18(23(31)28-33)12-16-9-5-7-11-19(16)29)24(32)27-21-17-10-6-4-8-15(17)13-20(21)30/h4-11,18,20-22,26,29-30,33H,12-14H2,1-3H3,(H,27,32)(H,28,31)/t18-,20-,21-,22+/m0/s1. The van der Waals surface area contributed by atoms with Crippen molar-refractivity contribution in [3.05, 3.63) is 65.2 Å². The van der Waals surface area contributed by atoms with E-state index in [4.69, 9.17) is 0 Å². The molecule has 8 heteroatoms. The van der Waals surface area contributed by atoms with E-state index in [9.17, 15) is 25.0 Å². The van der Waals surface area contributed by atoms with Gasteiger partial charge in [0, 0.05) is 13.0 Å². The molecule has 0 fully saturated rings. The Morgan fingerprint density at radius 2 is 1.73 bits per heavy atom. The number of phenolic OH excluding ortho intramolecular Hbond substituents is 1. The van der Waals surface area contributed by atoms with Crippen LogP contribution in [0.5, 0.6) is 5.75 Å². The molecule has 0 aromatic heterocycles. The minimum Gasteiger partial charge on any atom is -0.508 e. The molecule has 6 N–H and O–H groups in total. The molecule has 2 aromatic rings. The molecule has 0 radical (unpaired) electrons. The molecule has 1 aliphatic carbocycles. The smallest absolute Gasteiger partial charge is 0.248 e. The third-order valence-electron chi connectivity index (χ3n) is 5.92. The van der Waals surface area contributed by atoms with E-state index < -0.39 is 35.9 Å². The summed E-state index contributed by atoms with van der Waals surface area (Å²) in [5.41, 5.74) is 3.77. The topological polar surface area (TPSA) is 131 Å². The monoisotopic (exact) mass is 455 g/mol. The second kappa shape index (κ2) is 10.3. The first-order chi connectivity index (χ1) is 15.6. The van der Waals surface area contributed by atoms with Gasteiger partial charge in [0.1, 0.15) is 5.75 Å². The average molecular weight is 456 g/mol. The molecule has 0 bridgehead atoms. The van der Waals surface area contributed by atoms with Gasteiger partial charge in [-0.25, -0.2) is 5.48 Å². The van der Waals surface area contributed by atoms with Crippen molar-refractivity contribution in [2.45, 2.75) is 51.8 Å². The summed E-state index contributed by atoms with van der Waals surface area (Å²) in [6, 6.07) is 12.5. The van der Waals surface area contributed by atoms with Crippen molar-refractivity contribution < 1.29 is 25.0 Å². The van der Waals surface area contributed by atoms with Gasteiger partial charge in [0.15, 0.2) is 0 Å². The Kier molecular flexibility index (Phi) is 7.73. The van der Waals surface area contributed by atoms with Gasteiger partial charge in [0.05, 0.1) is 24.1 Å². The fourth-order valence-corrected chi connectivity index (χ4v) is 4.19. The third kappa shape index (κ3) is 6.10. The van der Waals surface area contributed by atoms with Gasteiger partial charge in [-0.2, -0.15) is 0 Å². The Balaban J connectivity index is 1.90. The Hall–Kier alpha value is -2.94. The minimum absolute atomic E-state index is 0.00311. The highest BCUT2D eigenvalue weighted by Crippen LogP contribution is 2.32. The molecule has 178 valence electrons. The number of fused-ring (bicyclic) bond motifs is 1. The van der Waals surface area contributed by atoms with Crippen molar-refractivity contribution in [2.75, 3.05) is 6.54 Å². The van der Waals surface area contributed by atoms with Crippen molar-refractivity contribution in [1.29, 1.82) is 0 Å². The number of carbonyl (C=O) groups excluding carboxylic acids is 2. The van der Waals surface area contributed by atoms with E-state index in [0.717, 1.165) is 11.1 Å². The number of hydroxylamine groups is 1. The molecule has 8 nitrogen and oxygen atoms in total. The maximum Gasteiger partial charge on any atom is 0.248 e. The number of benzene rings is 2. The van der Waals surface area contributed by atoms with E-state index in [1.807, 2.05) is 45.0 Å². The summed E-state index contributed by atoms with van der Waals surface area (Å²) in [6.45, 7) is 6.41. The summed E-state index contributed by atoms with van der Waals surface area (Å²) in [5, 5.41) is 36.3. The van der Waals surface area contributed by atoms with Crippen LogP contribution in [-0.4, -0.2) is 45.9 Å². The SMILES string of the molecule is CC(C)(C)CN[C@@H](C(=O)N[C@H]1c2ccccc2C[C@@H]1O)[C@H](Cc1ccccc1O)C(=O)NO. The summed E-state index contributed by atoms with van der Waals surface area (Å²) < 4.78 is 0. The summed E-state index contributed by atoms with van der Waals surface area (Å²) in [5.74, 6) is -2.22. The second-order valence-corrected chi connectivity index (χ2v) is 9.79. The first-order valence-corrected chi connectivity index (χ1v) is 11.1. The minimum atomic E-state index is -1.02. The average Bonchev–Trinajstić information content (AvgIpc) is 3.08. The van der Waals surface area contributed by atoms with Crippen LogP contribution in [0.2, 0.25) is 0 Å². The number of carbonyl (C=O) groups is 2. The lowest BCUT2D eigenvalue weighted by atomic mass is 9.88. The highest BCUT2D eigenvalue weighted by molar-refractivity contribution is 5.90. The summed E-state index contributed by atoms with van der Waals surface area (Å²) in [6.07, 6.45) is -0.324. The van der Waals surface area contributed by atoms with Gasteiger partial charge >= 0.3 is 0 Å². The molecule has 0 unspecified atom stereocenters. The van der Waals surface area contributed by atoms with Gasteiger partial charge in [-0.15, -0.1) is 0 Å². The first kappa shape index (κ1) is 24.7. The van der Waals surface area contributed by atoms with E-state index in [-0.39, 0.29) is 17.6 Å². The molecule has 3 rings (SSSR count). The number of rotatable bonds is 8. The van der Waals surface area contributed by atoms with Crippen LogP contribution in [0.1, 0.15) is 43.5 Å². The molecular weight excluding hydrogens is 422 g/mol. The van der Waals surface area contributed by atoms with E-state index in [1.54, 1.807) is 23.7 Å². The number of nitrogens with one attached hydrogen (secondary N) is 3. The lowest BCUT2D eigenvalue weighted by Crippen LogP contribution is -2.56. The largest absolute Gasteiger partial charge is 0.508 e. The molecule has 0 heterocycles. The number of hydrogen-bond donors (Lipinski definition) is 6. The molecule has 33 heavy (non-hydrogen) atoms. The van der Waals surface area contributed by atoms with Crippen LogP contribution in [0, 0.1) is 11.3 Å². The lowest BCUT2D eigenvalue weighted by Gasteiger charge is -2.31. The molecule has 0 saturated carbocycles. The van der Waals surface area contributed by atoms with Crippen LogP contribution in [0.15, 0.2) is 48.5 Å². The van der Waals surface area contributed by atoms with E-state index in [0.29, 0.717) is 18.5 Å². The predicted octanol–water partition coefficient (Wildman–Crippen LogP) is 1.84. The van der Waals surface area contributed by atoms with Gasteiger partial charge in [-0.3, -0.25) is 14.8 Å². The number of aliphatic hydroxyl groups is 1. The van der Waals surface area contributed by atoms with Crippen LogP contribution < -0.4 is 16.1 Å². The van der Waals surface area contributed by atoms with Crippen molar-refractivity contribution in [3.63, 3.8) is 0 Å².